The Morgan fingerprint density at radius 2 is 1.79 bits per heavy atom. The van der Waals surface area contributed by atoms with E-state index >= 15 is 0 Å². The second-order valence-electron chi connectivity index (χ2n) is 4.48. The molecule has 0 saturated carbocycles. The van der Waals surface area contributed by atoms with Gasteiger partial charge in [-0.05, 0) is 39.2 Å². The van der Waals surface area contributed by atoms with Gasteiger partial charge in [-0.2, -0.15) is 0 Å². The number of allylic oxidation sites excluding steroid dienone is 6. The first-order chi connectivity index (χ1) is 9.07. The van der Waals surface area contributed by atoms with Crippen LogP contribution in [0.2, 0.25) is 0 Å². The molecule has 0 fully saturated rings. The first kappa shape index (κ1) is 13.0. The zero-order valence-electron chi connectivity index (χ0n) is 9.96. The SMILES string of the molecule is O=P(Cl)(Cl)C1=C2C=CC=CC2C=Cc2ccccc21. The summed E-state index contributed by atoms with van der Waals surface area (Å²) in [7, 11) is 0. The van der Waals surface area contributed by atoms with Crippen LogP contribution in [0.3, 0.4) is 0 Å². The van der Waals surface area contributed by atoms with Gasteiger partial charge in [0.1, 0.15) is 0 Å². The molecule has 0 N–H and O–H groups in total. The zero-order valence-corrected chi connectivity index (χ0v) is 12.4. The van der Waals surface area contributed by atoms with Gasteiger partial charge in [-0.15, -0.1) is 0 Å². The molecule has 1 aromatic carbocycles. The maximum absolute atomic E-state index is 12.3. The molecule has 1 aromatic rings. The summed E-state index contributed by atoms with van der Waals surface area (Å²) < 4.78 is 12.3. The van der Waals surface area contributed by atoms with E-state index in [4.69, 9.17) is 22.5 Å². The Morgan fingerprint density at radius 3 is 2.58 bits per heavy atom. The Hall–Kier alpha value is -1.01. The topological polar surface area (TPSA) is 17.1 Å². The van der Waals surface area contributed by atoms with E-state index in [2.05, 4.69) is 6.08 Å². The molecule has 2 aliphatic rings. The van der Waals surface area contributed by atoms with Crippen molar-refractivity contribution in [3.05, 3.63) is 71.3 Å². The van der Waals surface area contributed by atoms with Gasteiger partial charge in [0.2, 0.25) is 0 Å². The number of fused-ring (bicyclic) bond motifs is 2. The van der Waals surface area contributed by atoms with E-state index in [1.807, 2.05) is 54.6 Å². The van der Waals surface area contributed by atoms with Crippen LogP contribution in [0.1, 0.15) is 11.1 Å². The fourth-order valence-electron chi connectivity index (χ4n) is 2.47. The average Bonchev–Trinajstić information content (AvgIpc) is 2.54. The van der Waals surface area contributed by atoms with E-state index in [1.165, 1.54) is 0 Å². The zero-order chi connectivity index (χ0) is 13.5. The van der Waals surface area contributed by atoms with Crippen LogP contribution in [-0.4, -0.2) is 0 Å². The molecule has 0 aromatic heterocycles. The predicted octanol–water partition coefficient (Wildman–Crippen LogP) is 5.84. The Bertz CT molecular complexity index is 692. The molecule has 96 valence electrons. The van der Waals surface area contributed by atoms with Crippen LogP contribution in [0.5, 0.6) is 0 Å². The standard InChI is InChI=1S/C15H11Cl2OP/c16-19(17,18)15-13-7-3-1-5-11(13)9-10-12-6-2-4-8-14(12)15/h1-11H. The molecule has 0 spiro atoms. The molecule has 19 heavy (non-hydrogen) atoms. The minimum absolute atomic E-state index is 0.0678. The lowest BCUT2D eigenvalue weighted by Gasteiger charge is -2.18. The molecule has 0 heterocycles. The number of rotatable bonds is 1. The summed E-state index contributed by atoms with van der Waals surface area (Å²) in [5.41, 5.74) is 2.75. The smallest absolute Gasteiger partial charge is 0.282 e. The van der Waals surface area contributed by atoms with Crippen molar-refractivity contribution in [2.24, 2.45) is 5.92 Å². The van der Waals surface area contributed by atoms with E-state index < -0.39 is 5.85 Å². The van der Waals surface area contributed by atoms with Crippen LogP contribution in [0, 0.1) is 5.92 Å². The third-order valence-electron chi connectivity index (χ3n) is 3.30. The molecule has 0 amide bonds. The Balaban J connectivity index is 2.36. The van der Waals surface area contributed by atoms with E-state index in [9.17, 15) is 4.57 Å². The summed E-state index contributed by atoms with van der Waals surface area (Å²) in [6.45, 7) is 0. The molecule has 1 nitrogen and oxygen atoms in total. The van der Waals surface area contributed by atoms with Crippen LogP contribution in [0.15, 0.2) is 60.2 Å². The van der Waals surface area contributed by atoms with Crippen LogP contribution in [-0.2, 0) is 4.57 Å². The van der Waals surface area contributed by atoms with E-state index in [0.717, 1.165) is 16.7 Å². The lowest BCUT2D eigenvalue weighted by atomic mass is 9.94. The normalized spacial score (nSPS) is 21.1. The van der Waals surface area contributed by atoms with E-state index in [-0.39, 0.29) is 5.92 Å². The summed E-state index contributed by atoms with van der Waals surface area (Å²) in [6.07, 6.45) is 12.0. The van der Waals surface area contributed by atoms with Crippen LogP contribution in [0.4, 0.5) is 0 Å². The molecule has 4 heteroatoms. The van der Waals surface area contributed by atoms with Crippen molar-refractivity contribution >= 4 is 39.7 Å². The molecular formula is C15H11Cl2OP. The summed E-state index contributed by atoms with van der Waals surface area (Å²) in [6, 6.07) is 7.73. The van der Waals surface area contributed by atoms with Crippen molar-refractivity contribution < 1.29 is 4.57 Å². The highest BCUT2D eigenvalue weighted by Crippen LogP contribution is 2.69. The number of benzene rings is 1. The van der Waals surface area contributed by atoms with Crippen molar-refractivity contribution in [2.75, 3.05) is 0 Å². The molecule has 0 saturated heterocycles. The maximum atomic E-state index is 12.3. The average molecular weight is 309 g/mol. The fraction of sp³-hybridized carbons (Fsp3) is 0.0667. The Morgan fingerprint density at radius 1 is 1.00 bits per heavy atom. The van der Waals surface area contributed by atoms with Crippen molar-refractivity contribution in [3.8, 4) is 0 Å². The summed E-state index contributed by atoms with van der Waals surface area (Å²) in [5.74, 6) is -3.32. The number of halogens is 2. The van der Waals surface area contributed by atoms with Crippen LogP contribution in [0.25, 0.3) is 11.4 Å². The highest BCUT2D eigenvalue weighted by molar-refractivity contribution is 8.15. The minimum atomic E-state index is -3.39. The van der Waals surface area contributed by atoms with E-state index in [1.54, 1.807) is 0 Å². The van der Waals surface area contributed by atoms with Crippen LogP contribution >= 0.6 is 28.3 Å². The highest BCUT2D eigenvalue weighted by Gasteiger charge is 2.30. The van der Waals surface area contributed by atoms with Crippen LogP contribution < -0.4 is 0 Å². The monoisotopic (exact) mass is 308 g/mol. The van der Waals surface area contributed by atoms with Gasteiger partial charge in [0.05, 0.1) is 5.31 Å². The number of hydrogen-bond donors (Lipinski definition) is 0. The molecule has 0 aliphatic heterocycles. The molecule has 3 rings (SSSR count). The Labute approximate surface area is 121 Å². The Kier molecular flexibility index (Phi) is 3.30. The van der Waals surface area contributed by atoms with Crippen molar-refractivity contribution in [1.82, 2.24) is 0 Å². The second-order valence-corrected chi connectivity index (χ2v) is 9.23. The van der Waals surface area contributed by atoms with Gasteiger partial charge < -0.3 is 0 Å². The molecule has 1 atom stereocenters. The van der Waals surface area contributed by atoms with Gasteiger partial charge in [0.15, 0.2) is 0 Å². The van der Waals surface area contributed by atoms with Crippen molar-refractivity contribution in [1.29, 1.82) is 0 Å². The second kappa shape index (κ2) is 4.83. The van der Waals surface area contributed by atoms with Gasteiger partial charge in [-0.25, -0.2) is 0 Å². The highest BCUT2D eigenvalue weighted by atomic mass is 35.9. The number of hydrogen-bond acceptors (Lipinski definition) is 1. The van der Waals surface area contributed by atoms with Gasteiger partial charge in [-0.1, -0.05) is 60.7 Å². The summed E-state index contributed by atoms with van der Waals surface area (Å²) >= 11 is 12.0. The fourth-order valence-corrected chi connectivity index (χ4v) is 4.61. The summed E-state index contributed by atoms with van der Waals surface area (Å²) in [5, 5.41) is 0.557. The lowest BCUT2D eigenvalue weighted by Crippen LogP contribution is -2.00. The molecule has 2 aliphatic carbocycles. The van der Waals surface area contributed by atoms with E-state index in [0.29, 0.717) is 5.31 Å². The maximum Gasteiger partial charge on any atom is 0.282 e. The van der Waals surface area contributed by atoms with Gasteiger partial charge >= 0.3 is 0 Å². The largest absolute Gasteiger partial charge is 0.284 e. The quantitative estimate of drug-likeness (QED) is 0.596. The molecule has 0 radical (unpaired) electrons. The van der Waals surface area contributed by atoms with Gasteiger partial charge in [0, 0.05) is 5.92 Å². The predicted molar refractivity (Wildman–Crippen MR) is 83.5 cm³/mol. The third-order valence-corrected chi connectivity index (χ3v) is 5.33. The first-order valence-corrected chi connectivity index (χ1v) is 9.45. The first-order valence-electron chi connectivity index (χ1n) is 5.94. The van der Waals surface area contributed by atoms with Gasteiger partial charge in [0.25, 0.3) is 5.85 Å². The lowest BCUT2D eigenvalue weighted by molar-refractivity contribution is 0.597. The summed E-state index contributed by atoms with van der Waals surface area (Å²) in [4.78, 5) is 0. The van der Waals surface area contributed by atoms with Crippen molar-refractivity contribution in [3.63, 3.8) is 0 Å². The molecular weight excluding hydrogens is 298 g/mol. The van der Waals surface area contributed by atoms with Crippen molar-refractivity contribution in [2.45, 2.75) is 0 Å². The van der Waals surface area contributed by atoms with Gasteiger partial charge in [-0.3, -0.25) is 4.57 Å². The molecule has 0 bridgehead atoms. The minimum Gasteiger partial charge on any atom is -0.284 e. The third kappa shape index (κ3) is 2.39. The molecule has 1 unspecified atom stereocenters.